The molecule has 1 amide bonds. The first-order valence-electron chi connectivity index (χ1n) is 13.6. The van der Waals surface area contributed by atoms with Crippen molar-refractivity contribution in [1.29, 1.82) is 0 Å². The van der Waals surface area contributed by atoms with Crippen LogP contribution in [0.15, 0.2) is 52.0 Å². The van der Waals surface area contributed by atoms with Crippen molar-refractivity contribution >= 4 is 27.5 Å². The number of rotatable bonds is 10. The lowest BCUT2D eigenvalue weighted by molar-refractivity contribution is -0.143. The highest BCUT2D eigenvalue weighted by Crippen LogP contribution is 2.32. The van der Waals surface area contributed by atoms with Crippen molar-refractivity contribution in [2.75, 3.05) is 33.4 Å². The van der Waals surface area contributed by atoms with Crippen LogP contribution in [0.4, 0.5) is 0 Å². The van der Waals surface area contributed by atoms with E-state index in [2.05, 4.69) is 11.7 Å². The summed E-state index contributed by atoms with van der Waals surface area (Å²) in [4.78, 5) is 44.5. The molecule has 0 unspecified atom stereocenters. The van der Waals surface area contributed by atoms with E-state index in [9.17, 15) is 14.4 Å². The molecule has 1 aliphatic heterocycles. The van der Waals surface area contributed by atoms with E-state index in [0.717, 1.165) is 4.57 Å². The largest absolute Gasteiger partial charge is 0.497 e. The molecule has 1 atom stereocenters. The smallest absolute Gasteiger partial charge is 0.333 e. The van der Waals surface area contributed by atoms with E-state index >= 15 is 0 Å². The average Bonchev–Trinajstić information content (AvgIpc) is 3.59. The van der Waals surface area contributed by atoms with Crippen LogP contribution in [0, 0.1) is 6.92 Å². The van der Waals surface area contributed by atoms with Gasteiger partial charge in [-0.3, -0.25) is 14.2 Å². The molecule has 0 N–H and O–H groups in total. The second kappa shape index (κ2) is 12.2. The number of methoxy groups -OCH3 is 1. The molecule has 222 valence electrons. The number of ether oxygens (including phenoxy) is 3. The second-order valence-corrected chi connectivity index (χ2v) is 11.7. The summed E-state index contributed by atoms with van der Waals surface area (Å²) in [6, 6.07) is 1.79. The monoisotopic (exact) mass is 585 g/mol. The van der Waals surface area contributed by atoms with Gasteiger partial charge in [-0.1, -0.05) is 24.0 Å². The second-order valence-electron chi connectivity index (χ2n) is 10.7. The minimum Gasteiger partial charge on any atom is -0.497 e. The standard InChI is InChI=1S/C29H39N5O6S/c1-9-21(20(5)38-8)22(40-18(2)3)17-32-26-23(19(4)25(41-26)33-12-10-11-30-33)24(35)34(28(32)37)29(6,7)27(36)31-13-15-39-16-14-31/h9-12,18,22H,5,13-17H2,1-4,6-8H3/b21-9+/t22-/m0/s1. The number of hydrogen-bond donors (Lipinski definition) is 0. The maximum Gasteiger partial charge on any atom is 0.333 e. The molecule has 41 heavy (non-hydrogen) atoms. The van der Waals surface area contributed by atoms with E-state index in [0.29, 0.717) is 58.4 Å². The molecular formula is C29H39N5O6S. The highest BCUT2D eigenvalue weighted by molar-refractivity contribution is 7.21. The van der Waals surface area contributed by atoms with Gasteiger partial charge in [0.1, 0.15) is 27.2 Å². The fourth-order valence-electron chi connectivity index (χ4n) is 5.20. The Morgan fingerprint density at radius 1 is 1.27 bits per heavy atom. The number of allylic oxidation sites excluding steroid dienone is 1. The van der Waals surface area contributed by atoms with Gasteiger partial charge in [0.15, 0.2) is 0 Å². The van der Waals surface area contributed by atoms with Gasteiger partial charge in [-0.05, 0) is 47.6 Å². The van der Waals surface area contributed by atoms with Gasteiger partial charge in [0.05, 0.1) is 38.4 Å². The van der Waals surface area contributed by atoms with Crippen LogP contribution in [0.1, 0.15) is 40.2 Å². The molecule has 3 aromatic rings. The van der Waals surface area contributed by atoms with Crippen LogP contribution in [0.2, 0.25) is 0 Å². The average molecular weight is 586 g/mol. The third kappa shape index (κ3) is 5.68. The van der Waals surface area contributed by atoms with Gasteiger partial charge < -0.3 is 19.1 Å². The predicted molar refractivity (Wildman–Crippen MR) is 159 cm³/mol. The molecule has 0 radical (unpaired) electrons. The summed E-state index contributed by atoms with van der Waals surface area (Å²) in [6.45, 7) is 16.4. The Bertz CT molecular complexity index is 1570. The van der Waals surface area contributed by atoms with Crippen molar-refractivity contribution in [2.45, 2.75) is 65.8 Å². The lowest BCUT2D eigenvalue weighted by atomic mass is 10.0. The van der Waals surface area contributed by atoms with Crippen LogP contribution in [-0.2, 0) is 31.1 Å². The summed E-state index contributed by atoms with van der Waals surface area (Å²) in [5, 5.41) is 5.42. The number of thiophene rings is 1. The molecule has 11 nitrogen and oxygen atoms in total. The number of fused-ring (bicyclic) bond motifs is 1. The number of aryl methyl sites for hydroxylation is 1. The Morgan fingerprint density at radius 2 is 1.95 bits per heavy atom. The van der Waals surface area contributed by atoms with Crippen LogP contribution in [0.5, 0.6) is 0 Å². The third-order valence-corrected chi connectivity index (χ3v) is 8.60. The van der Waals surface area contributed by atoms with Crippen molar-refractivity contribution in [2.24, 2.45) is 0 Å². The lowest BCUT2D eigenvalue weighted by Gasteiger charge is -2.35. The molecule has 0 aromatic carbocycles. The topological polar surface area (TPSA) is 110 Å². The summed E-state index contributed by atoms with van der Waals surface area (Å²) < 4.78 is 21.4. The minimum atomic E-state index is -1.46. The van der Waals surface area contributed by atoms with Crippen molar-refractivity contribution in [3.63, 3.8) is 0 Å². The van der Waals surface area contributed by atoms with E-state index < -0.39 is 22.9 Å². The number of morpholine rings is 1. The Morgan fingerprint density at radius 3 is 2.51 bits per heavy atom. The number of carbonyl (C=O) groups excluding carboxylic acids is 1. The zero-order valence-corrected chi connectivity index (χ0v) is 25.6. The van der Waals surface area contributed by atoms with Crippen LogP contribution in [-0.4, -0.2) is 75.3 Å². The quantitative estimate of drug-likeness (QED) is 0.266. The Balaban J connectivity index is 2.00. The van der Waals surface area contributed by atoms with Gasteiger partial charge in [0, 0.05) is 36.6 Å². The molecule has 1 aliphatic rings. The summed E-state index contributed by atoms with van der Waals surface area (Å²) in [5.74, 6) is 0.0983. The molecule has 0 spiro atoms. The zero-order valence-electron chi connectivity index (χ0n) is 24.8. The molecule has 12 heteroatoms. The predicted octanol–water partition coefficient (Wildman–Crippen LogP) is 3.21. The maximum atomic E-state index is 14.4. The first kappa shape index (κ1) is 30.5. The van der Waals surface area contributed by atoms with Crippen molar-refractivity contribution in [1.82, 2.24) is 23.8 Å². The van der Waals surface area contributed by atoms with E-state index in [4.69, 9.17) is 14.2 Å². The maximum absolute atomic E-state index is 14.4. The summed E-state index contributed by atoms with van der Waals surface area (Å²) in [7, 11) is 1.53. The molecule has 4 heterocycles. The number of aromatic nitrogens is 4. The van der Waals surface area contributed by atoms with Crippen molar-refractivity contribution in [3.05, 3.63) is 68.8 Å². The third-order valence-electron chi connectivity index (χ3n) is 7.29. The summed E-state index contributed by atoms with van der Waals surface area (Å²) >= 11 is 1.30. The van der Waals surface area contributed by atoms with Gasteiger partial charge in [0.2, 0.25) is 5.91 Å². The fraction of sp³-hybridized carbons (Fsp3) is 0.517. The van der Waals surface area contributed by atoms with Gasteiger partial charge in [-0.25, -0.2) is 14.0 Å². The SMILES string of the molecule is C=C(OC)/C(=C\C)[C@H](Cn1c(=O)n(C(C)(C)C(=O)N2CCOCC2)c(=O)c2c(C)c(-n3cccn3)sc21)OC(C)C. The first-order valence-corrected chi connectivity index (χ1v) is 14.5. The van der Waals surface area contributed by atoms with E-state index in [1.54, 1.807) is 41.9 Å². The molecule has 0 bridgehead atoms. The van der Waals surface area contributed by atoms with Crippen LogP contribution >= 0.6 is 11.3 Å². The van der Waals surface area contributed by atoms with E-state index in [1.807, 2.05) is 33.8 Å². The van der Waals surface area contributed by atoms with Crippen LogP contribution < -0.4 is 11.2 Å². The highest BCUT2D eigenvalue weighted by atomic mass is 32.1. The van der Waals surface area contributed by atoms with Gasteiger partial charge in [-0.15, -0.1) is 0 Å². The fourth-order valence-corrected chi connectivity index (χ4v) is 6.44. The Labute approximate surface area is 243 Å². The van der Waals surface area contributed by atoms with E-state index in [1.165, 1.54) is 23.0 Å². The number of nitrogens with zero attached hydrogens (tertiary/aromatic N) is 5. The Hall–Kier alpha value is -3.48. The molecule has 1 fully saturated rings. The number of carbonyl (C=O) groups is 1. The van der Waals surface area contributed by atoms with Crippen molar-refractivity contribution in [3.8, 4) is 5.00 Å². The van der Waals surface area contributed by atoms with E-state index in [-0.39, 0.29) is 18.6 Å². The van der Waals surface area contributed by atoms with Crippen molar-refractivity contribution < 1.29 is 19.0 Å². The summed E-state index contributed by atoms with van der Waals surface area (Å²) in [6.07, 6.45) is 4.49. The van der Waals surface area contributed by atoms with Crippen LogP contribution in [0.25, 0.3) is 15.2 Å². The van der Waals surface area contributed by atoms with Gasteiger partial charge in [-0.2, -0.15) is 5.10 Å². The summed E-state index contributed by atoms with van der Waals surface area (Å²) in [5.41, 5.74) is -1.23. The Kier molecular flexibility index (Phi) is 9.05. The van der Waals surface area contributed by atoms with Gasteiger partial charge >= 0.3 is 5.69 Å². The molecule has 4 rings (SSSR count). The molecular weight excluding hydrogens is 546 g/mol. The normalized spacial score (nSPS) is 15.5. The highest BCUT2D eigenvalue weighted by Gasteiger charge is 2.39. The minimum absolute atomic E-state index is 0.0656. The number of amides is 1. The molecule has 0 saturated carbocycles. The molecule has 0 aliphatic carbocycles. The first-order chi connectivity index (χ1) is 19.4. The molecule has 1 saturated heterocycles. The zero-order chi connectivity index (χ0) is 30.1. The lowest BCUT2D eigenvalue weighted by Crippen LogP contribution is -2.58. The number of hydrogen-bond acceptors (Lipinski definition) is 8. The van der Waals surface area contributed by atoms with Gasteiger partial charge in [0.25, 0.3) is 5.56 Å². The molecule has 3 aromatic heterocycles. The van der Waals surface area contributed by atoms with Crippen LogP contribution in [0.3, 0.4) is 0 Å².